The highest BCUT2D eigenvalue weighted by Gasteiger charge is 2.24. The van der Waals surface area contributed by atoms with Crippen LogP contribution in [-0.4, -0.2) is 57.4 Å². The molecule has 1 saturated heterocycles. The molecule has 1 aliphatic rings. The van der Waals surface area contributed by atoms with E-state index in [1.807, 2.05) is 0 Å². The number of nitrogens with zero attached hydrogens (tertiary/aromatic N) is 3. The molecule has 3 aromatic rings. The Morgan fingerprint density at radius 2 is 1.86 bits per heavy atom. The van der Waals surface area contributed by atoms with Crippen LogP contribution in [0.25, 0.3) is 11.1 Å². The van der Waals surface area contributed by atoms with Crippen LogP contribution >= 0.6 is 0 Å². The maximum atomic E-state index is 12.6. The van der Waals surface area contributed by atoms with Crippen molar-refractivity contribution < 1.29 is 26.4 Å². The Morgan fingerprint density at radius 1 is 1.11 bits per heavy atom. The monoisotopic (exact) mass is 536 g/mol. The SMILES string of the molecule is COCCCCS(=O)(=O)c1ccc(Nc2nc(N3CCC(CCCC(F)F)CC3)c3occc3n2)cc1. The Labute approximate surface area is 216 Å². The van der Waals surface area contributed by atoms with E-state index in [9.17, 15) is 17.2 Å². The summed E-state index contributed by atoms with van der Waals surface area (Å²) in [4.78, 5) is 11.7. The molecule has 3 heterocycles. The first kappa shape index (κ1) is 27.3. The number of methoxy groups -OCH3 is 1. The lowest BCUT2D eigenvalue weighted by molar-refractivity contribution is 0.131. The summed E-state index contributed by atoms with van der Waals surface area (Å²) in [6.07, 6.45) is 3.77. The van der Waals surface area contributed by atoms with Crippen molar-refractivity contribution in [2.45, 2.75) is 56.3 Å². The van der Waals surface area contributed by atoms with Gasteiger partial charge in [0.2, 0.25) is 12.4 Å². The van der Waals surface area contributed by atoms with Gasteiger partial charge in [0.1, 0.15) is 5.52 Å². The lowest BCUT2D eigenvalue weighted by atomic mass is 9.91. The molecule has 37 heavy (non-hydrogen) atoms. The molecule has 0 spiro atoms. The second-order valence-electron chi connectivity index (χ2n) is 9.43. The summed E-state index contributed by atoms with van der Waals surface area (Å²) >= 11 is 0. The number of hydrogen-bond donors (Lipinski definition) is 1. The minimum Gasteiger partial charge on any atom is -0.459 e. The summed E-state index contributed by atoms with van der Waals surface area (Å²) in [5, 5.41) is 3.18. The topological polar surface area (TPSA) is 97.6 Å². The van der Waals surface area contributed by atoms with Crippen LogP contribution in [0, 0.1) is 5.92 Å². The molecule has 0 saturated carbocycles. The third-order valence-corrected chi connectivity index (χ3v) is 8.53. The molecule has 1 N–H and O–H groups in total. The van der Waals surface area contributed by atoms with Crippen LogP contribution in [0.15, 0.2) is 45.9 Å². The molecule has 4 rings (SSSR count). The molecular formula is C26H34F2N4O4S. The Balaban J connectivity index is 1.42. The summed E-state index contributed by atoms with van der Waals surface area (Å²) in [5.74, 6) is 1.60. The van der Waals surface area contributed by atoms with Gasteiger partial charge in [-0.05, 0) is 62.3 Å². The quantitative estimate of drug-likeness (QED) is 0.273. The predicted molar refractivity (Wildman–Crippen MR) is 139 cm³/mol. The average Bonchev–Trinajstić information content (AvgIpc) is 3.36. The Kier molecular flexibility index (Phi) is 9.31. The van der Waals surface area contributed by atoms with Crippen molar-refractivity contribution in [1.82, 2.24) is 9.97 Å². The Morgan fingerprint density at radius 3 is 2.57 bits per heavy atom. The zero-order valence-electron chi connectivity index (χ0n) is 21.0. The van der Waals surface area contributed by atoms with Crippen molar-refractivity contribution in [3.8, 4) is 0 Å². The largest absolute Gasteiger partial charge is 0.459 e. The van der Waals surface area contributed by atoms with Gasteiger partial charge in [0.05, 0.1) is 16.9 Å². The number of halogens is 2. The van der Waals surface area contributed by atoms with Gasteiger partial charge in [-0.2, -0.15) is 4.98 Å². The van der Waals surface area contributed by atoms with Crippen molar-refractivity contribution >= 4 is 38.4 Å². The van der Waals surface area contributed by atoms with E-state index in [0.717, 1.165) is 32.4 Å². The third-order valence-electron chi connectivity index (χ3n) is 6.72. The first-order chi connectivity index (χ1) is 17.9. The Bertz CT molecular complexity index is 1240. The van der Waals surface area contributed by atoms with Crippen molar-refractivity contribution in [2.75, 3.05) is 42.8 Å². The predicted octanol–water partition coefficient (Wildman–Crippen LogP) is 5.82. The van der Waals surface area contributed by atoms with Gasteiger partial charge < -0.3 is 19.4 Å². The van der Waals surface area contributed by atoms with Gasteiger partial charge in [0.15, 0.2) is 21.2 Å². The van der Waals surface area contributed by atoms with Crippen LogP contribution in [0.3, 0.4) is 0 Å². The van der Waals surface area contributed by atoms with E-state index >= 15 is 0 Å². The van der Waals surface area contributed by atoms with Crippen molar-refractivity contribution in [1.29, 1.82) is 0 Å². The van der Waals surface area contributed by atoms with E-state index < -0.39 is 16.3 Å². The van der Waals surface area contributed by atoms with Gasteiger partial charge in [-0.1, -0.05) is 6.42 Å². The first-order valence-electron chi connectivity index (χ1n) is 12.7. The second-order valence-corrected chi connectivity index (χ2v) is 11.5. The van der Waals surface area contributed by atoms with Crippen molar-refractivity contribution in [2.24, 2.45) is 5.92 Å². The van der Waals surface area contributed by atoms with Crippen LogP contribution < -0.4 is 10.2 Å². The van der Waals surface area contributed by atoms with Gasteiger partial charge >= 0.3 is 0 Å². The van der Waals surface area contributed by atoms with Crippen LogP contribution in [-0.2, 0) is 14.6 Å². The van der Waals surface area contributed by atoms with E-state index in [4.69, 9.17) is 14.1 Å². The van der Waals surface area contributed by atoms with Gasteiger partial charge in [-0.15, -0.1) is 0 Å². The van der Waals surface area contributed by atoms with Crippen LogP contribution in [0.1, 0.15) is 44.9 Å². The number of piperidine rings is 1. The molecule has 1 aromatic carbocycles. The lowest BCUT2D eigenvalue weighted by Gasteiger charge is -2.32. The molecule has 11 heteroatoms. The second kappa shape index (κ2) is 12.6. The Hall–Kier alpha value is -2.79. The normalized spacial score (nSPS) is 15.1. The lowest BCUT2D eigenvalue weighted by Crippen LogP contribution is -2.34. The fourth-order valence-corrected chi connectivity index (χ4v) is 6.01. The number of alkyl halides is 2. The molecule has 0 amide bonds. The highest BCUT2D eigenvalue weighted by atomic mass is 32.2. The number of rotatable bonds is 13. The van der Waals surface area contributed by atoms with Crippen LogP contribution in [0.2, 0.25) is 0 Å². The fraction of sp³-hybridized carbons (Fsp3) is 0.538. The summed E-state index contributed by atoms with van der Waals surface area (Å²) in [6, 6.07) is 8.36. The molecular weight excluding hydrogens is 502 g/mol. The zero-order valence-corrected chi connectivity index (χ0v) is 21.9. The number of benzene rings is 1. The molecule has 2 aromatic heterocycles. The summed E-state index contributed by atoms with van der Waals surface area (Å²) < 4.78 is 60.7. The molecule has 8 nitrogen and oxygen atoms in total. The molecule has 1 fully saturated rings. The maximum absolute atomic E-state index is 12.6. The van der Waals surface area contributed by atoms with E-state index in [0.29, 0.717) is 60.3 Å². The van der Waals surface area contributed by atoms with Gasteiger partial charge in [-0.3, -0.25) is 0 Å². The minimum atomic E-state index is -3.36. The molecule has 0 bridgehead atoms. The zero-order chi connectivity index (χ0) is 26.3. The number of anilines is 3. The van der Waals surface area contributed by atoms with Crippen molar-refractivity contribution in [3.05, 3.63) is 36.6 Å². The number of sulfone groups is 1. The number of nitrogens with one attached hydrogen (secondary N) is 1. The molecule has 0 atom stereocenters. The van der Waals surface area contributed by atoms with E-state index in [1.54, 1.807) is 43.7 Å². The van der Waals surface area contributed by atoms with Gasteiger partial charge in [0.25, 0.3) is 0 Å². The summed E-state index contributed by atoms with van der Waals surface area (Å²) in [6.45, 7) is 2.08. The number of ether oxygens (including phenoxy) is 1. The van der Waals surface area contributed by atoms with Crippen molar-refractivity contribution in [3.63, 3.8) is 0 Å². The smallest absolute Gasteiger partial charge is 0.238 e. The maximum Gasteiger partial charge on any atom is 0.238 e. The average molecular weight is 537 g/mol. The van der Waals surface area contributed by atoms with Gasteiger partial charge in [-0.25, -0.2) is 22.2 Å². The molecule has 0 aliphatic carbocycles. The first-order valence-corrected chi connectivity index (χ1v) is 14.4. The molecule has 202 valence electrons. The standard InChI is InChI=1S/C26H34F2N4O4S/c1-35-16-2-3-18-37(33,34)21-9-7-20(8-10-21)29-26-30-22-13-17-36-24(22)25(31-26)32-14-11-19(12-15-32)5-4-6-23(27)28/h7-10,13,17,19,23H,2-6,11-12,14-16,18H2,1H3,(H,29,30,31). The number of unbranched alkanes of at least 4 members (excludes halogenated alkanes) is 1. The summed E-state index contributed by atoms with van der Waals surface area (Å²) in [7, 11) is -1.76. The van der Waals surface area contributed by atoms with Crippen LogP contribution in [0.5, 0.6) is 0 Å². The molecule has 0 radical (unpaired) electrons. The highest BCUT2D eigenvalue weighted by Crippen LogP contribution is 2.32. The minimum absolute atomic E-state index is 0.0323. The summed E-state index contributed by atoms with van der Waals surface area (Å²) in [5.41, 5.74) is 1.95. The van der Waals surface area contributed by atoms with Gasteiger partial charge in [0, 0.05) is 45.0 Å². The van der Waals surface area contributed by atoms with E-state index in [2.05, 4.69) is 15.2 Å². The highest BCUT2D eigenvalue weighted by molar-refractivity contribution is 7.91. The number of furan rings is 1. The molecule has 0 unspecified atom stereocenters. The van der Waals surface area contributed by atoms with E-state index in [-0.39, 0.29) is 17.1 Å². The third kappa shape index (κ3) is 7.38. The number of fused-ring (bicyclic) bond motifs is 1. The molecule has 1 aliphatic heterocycles. The number of hydrogen-bond acceptors (Lipinski definition) is 8. The van der Waals surface area contributed by atoms with E-state index in [1.165, 1.54) is 0 Å². The fourth-order valence-electron chi connectivity index (χ4n) is 4.64. The van der Waals surface area contributed by atoms with Crippen LogP contribution in [0.4, 0.5) is 26.2 Å². The number of aromatic nitrogens is 2.